The van der Waals surface area contributed by atoms with E-state index >= 15 is 0 Å². The Morgan fingerprint density at radius 3 is 2.56 bits per heavy atom. The highest BCUT2D eigenvalue weighted by molar-refractivity contribution is 6.30. The van der Waals surface area contributed by atoms with Crippen LogP contribution in [0.3, 0.4) is 0 Å². The number of benzene rings is 1. The van der Waals surface area contributed by atoms with Crippen molar-refractivity contribution in [1.82, 2.24) is 10.2 Å². The Bertz CT molecular complexity index is 718. The Balaban J connectivity index is 2.19. The molecule has 1 aliphatic heterocycles. The predicted molar refractivity (Wildman–Crippen MR) is 107 cm³/mol. The van der Waals surface area contributed by atoms with Crippen LogP contribution in [0.2, 0.25) is 5.02 Å². The molecule has 0 saturated carbocycles. The van der Waals surface area contributed by atoms with Crippen LogP contribution in [-0.4, -0.2) is 35.3 Å². The lowest BCUT2D eigenvalue weighted by molar-refractivity contribution is -0.142. The van der Waals surface area contributed by atoms with Crippen LogP contribution in [0.4, 0.5) is 4.39 Å². The van der Waals surface area contributed by atoms with E-state index in [0.29, 0.717) is 24.4 Å². The SMILES string of the molecule is CC(C)C[C@H]1CN(C(=O)C=Cc2ccc(F)c(Cl)c2)[C@@H](CC(C)C)C(=O)N1. The number of halogens is 2. The fraction of sp³-hybridized carbons (Fsp3) is 0.524. The summed E-state index contributed by atoms with van der Waals surface area (Å²) in [5.41, 5.74) is 0.635. The van der Waals surface area contributed by atoms with Crippen LogP contribution in [-0.2, 0) is 9.59 Å². The second kappa shape index (κ2) is 9.36. The number of hydrogen-bond acceptors (Lipinski definition) is 2. The Labute approximate surface area is 165 Å². The molecule has 4 nitrogen and oxygen atoms in total. The molecule has 0 bridgehead atoms. The molecular weight excluding hydrogens is 367 g/mol. The third-order valence-electron chi connectivity index (χ3n) is 4.54. The van der Waals surface area contributed by atoms with E-state index in [2.05, 4.69) is 19.2 Å². The molecule has 0 radical (unpaired) electrons. The van der Waals surface area contributed by atoms with E-state index in [0.717, 1.165) is 6.42 Å². The minimum absolute atomic E-state index is 0.0108. The number of hydrogen-bond donors (Lipinski definition) is 1. The number of amides is 2. The lowest BCUT2D eigenvalue weighted by atomic mass is 9.95. The number of nitrogens with one attached hydrogen (secondary N) is 1. The molecule has 0 unspecified atom stereocenters. The molecule has 0 aliphatic carbocycles. The van der Waals surface area contributed by atoms with Crippen LogP contribution < -0.4 is 5.32 Å². The van der Waals surface area contributed by atoms with Crippen molar-refractivity contribution in [2.75, 3.05) is 6.54 Å². The fourth-order valence-corrected chi connectivity index (χ4v) is 3.54. The molecule has 2 amide bonds. The molecule has 2 atom stereocenters. The van der Waals surface area contributed by atoms with Crippen molar-refractivity contribution in [2.45, 2.75) is 52.6 Å². The number of rotatable bonds is 6. The van der Waals surface area contributed by atoms with Gasteiger partial charge in [0, 0.05) is 18.7 Å². The molecule has 148 valence electrons. The van der Waals surface area contributed by atoms with Crippen LogP contribution in [0, 0.1) is 17.7 Å². The topological polar surface area (TPSA) is 49.4 Å². The van der Waals surface area contributed by atoms with Gasteiger partial charge in [0.15, 0.2) is 0 Å². The monoisotopic (exact) mass is 394 g/mol. The Morgan fingerprint density at radius 2 is 1.96 bits per heavy atom. The van der Waals surface area contributed by atoms with Crippen LogP contribution in [0.5, 0.6) is 0 Å². The van der Waals surface area contributed by atoms with Crippen molar-refractivity contribution >= 4 is 29.5 Å². The van der Waals surface area contributed by atoms with Gasteiger partial charge in [-0.05, 0) is 48.4 Å². The zero-order chi connectivity index (χ0) is 20.1. The van der Waals surface area contributed by atoms with Crippen molar-refractivity contribution < 1.29 is 14.0 Å². The van der Waals surface area contributed by atoms with Gasteiger partial charge in [0.05, 0.1) is 5.02 Å². The maximum absolute atomic E-state index is 13.3. The lowest BCUT2D eigenvalue weighted by Gasteiger charge is -2.40. The molecule has 1 aromatic carbocycles. The van der Waals surface area contributed by atoms with Crippen molar-refractivity contribution in [1.29, 1.82) is 0 Å². The third kappa shape index (κ3) is 6.06. The van der Waals surface area contributed by atoms with E-state index in [1.165, 1.54) is 18.2 Å². The molecule has 1 aliphatic rings. The van der Waals surface area contributed by atoms with Crippen LogP contribution in [0.15, 0.2) is 24.3 Å². The molecule has 1 heterocycles. The first kappa shape index (κ1) is 21.4. The molecule has 0 aromatic heterocycles. The second-order valence-corrected chi connectivity index (χ2v) is 8.39. The Morgan fingerprint density at radius 1 is 1.30 bits per heavy atom. The summed E-state index contributed by atoms with van der Waals surface area (Å²) in [6.07, 6.45) is 4.47. The van der Waals surface area contributed by atoms with Gasteiger partial charge in [0.25, 0.3) is 0 Å². The summed E-state index contributed by atoms with van der Waals surface area (Å²) in [6, 6.07) is 3.78. The Kier molecular flexibility index (Phi) is 7.42. The number of carbonyl (C=O) groups excluding carboxylic acids is 2. The van der Waals surface area contributed by atoms with E-state index in [4.69, 9.17) is 11.6 Å². The van der Waals surface area contributed by atoms with Gasteiger partial charge in [0.1, 0.15) is 11.9 Å². The minimum Gasteiger partial charge on any atom is -0.350 e. The molecule has 0 spiro atoms. The van der Waals surface area contributed by atoms with Crippen molar-refractivity contribution in [3.8, 4) is 0 Å². The van der Waals surface area contributed by atoms with E-state index < -0.39 is 11.9 Å². The van der Waals surface area contributed by atoms with Crippen LogP contribution in [0.1, 0.15) is 46.1 Å². The van der Waals surface area contributed by atoms with Gasteiger partial charge >= 0.3 is 0 Å². The van der Waals surface area contributed by atoms with E-state index in [1.807, 2.05) is 13.8 Å². The number of nitrogens with zero attached hydrogens (tertiary/aromatic N) is 1. The third-order valence-corrected chi connectivity index (χ3v) is 4.83. The molecule has 1 saturated heterocycles. The van der Waals surface area contributed by atoms with Gasteiger partial charge in [-0.3, -0.25) is 9.59 Å². The highest BCUT2D eigenvalue weighted by Crippen LogP contribution is 2.21. The summed E-state index contributed by atoms with van der Waals surface area (Å²) in [5, 5.41) is 3.07. The summed E-state index contributed by atoms with van der Waals surface area (Å²) >= 11 is 5.79. The Hall–Kier alpha value is -1.88. The van der Waals surface area contributed by atoms with Gasteiger partial charge < -0.3 is 10.2 Å². The highest BCUT2D eigenvalue weighted by atomic mass is 35.5. The number of piperazine rings is 1. The molecule has 1 aromatic rings. The molecule has 2 rings (SSSR count). The summed E-state index contributed by atoms with van der Waals surface area (Å²) in [7, 11) is 0. The molecular formula is C21H28ClFN2O2. The van der Waals surface area contributed by atoms with Gasteiger partial charge in [-0.15, -0.1) is 0 Å². The maximum atomic E-state index is 13.3. The summed E-state index contributed by atoms with van der Waals surface area (Å²) in [6.45, 7) is 8.75. The zero-order valence-corrected chi connectivity index (χ0v) is 17.1. The van der Waals surface area contributed by atoms with Gasteiger partial charge in [-0.25, -0.2) is 4.39 Å². The van der Waals surface area contributed by atoms with E-state index in [1.54, 1.807) is 17.0 Å². The van der Waals surface area contributed by atoms with E-state index in [9.17, 15) is 14.0 Å². The van der Waals surface area contributed by atoms with Crippen LogP contribution >= 0.6 is 11.6 Å². The van der Waals surface area contributed by atoms with Crippen molar-refractivity contribution in [3.63, 3.8) is 0 Å². The van der Waals surface area contributed by atoms with Gasteiger partial charge in [-0.2, -0.15) is 0 Å². The van der Waals surface area contributed by atoms with Crippen LogP contribution in [0.25, 0.3) is 6.08 Å². The summed E-state index contributed by atoms with van der Waals surface area (Å²) in [5.74, 6) is -0.0957. The van der Waals surface area contributed by atoms with Gasteiger partial charge in [0.2, 0.25) is 11.8 Å². The van der Waals surface area contributed by atoms with E-state index in [-0.39, 0.29) is 28.8 Å². The maximum Gasteiger partial charge on any atom is 0.247 e. The highest BCUT2D eigenvalue weighted by Gasteiger charge is 2.36. The first-order valence-corrected chi connectivity index (χ1v) is 9.79. The van der Waals surface area contributed by atoms with Gasteiger partial charge in [-0.1, -0.05) is 45.4 Å². The average Bonchev–Trinajstić information content (AvgIpc) is 2.57. The smallest absolute Gasteiger partial charge is 0.247 e. The first-order valence-electron chi connectivity index (χ1n) is 9.41. The predicted octanol–water partition coefficient (Wildman–Crippen LogP) is 4.28. The average molecular weight is 395 g/mol. The quantitative estimate of drug-likeness (QED) is 0.732. The minimum atomic E-state index is -0.499. The summed E-state index contributed by atoms with van der Waals surface area (Å²) in [4.78, 5) is 27.1. The van der Waals surface area contributed by atoms with Crippen molar-refractivity contribution in [3.05, 3.63) is 40.7 Å². The molecule has 27 heavy (non-hydrogen) atoms. The molecule has 1 fully saturated rings. The fourth-order valence-electron chi connectivity index (χ4n) is 3.36. The second-order valence-electron chi connectivity index (χ2n) is 7.98. The first-order chi connectivity index (χ1) is 12.7. The standard InChI is InChI=1S/C21H28ClFN2O2/c1-13(2)9-16-12-25(19(10-14(3)4)21(27)24-16)20(26)8-6-15-5-7-18(23)17(22)11-15/h5-8,11,13-14,16,19H,9-10,12H2,1-4H3,(H,24,27)/t16-,19-/m0/s1. The molecule has 6 heteroatoms. The largest absolute Gasteiger partial charge is 0.350 e. The normalized spacial score (nSPS) is 20.6. The lowest BCUT2D eigenvalue weighted by Crippen LogP contribution is -2.61. The number of carbonyl (C=O) groups is 2. The molecule has 1 N–H and O–H groups in total. The van der Waals surface area contributed by atoms with Crippen molar-refractivity contribution in [2.24, 2.45) is 11.8 Å². The zero-order valence-electron chi connectivity index (χ0n) is 16.3. The summed E-state index contributed by atoms with van der Waals surface area (Å²) < 4.78 is 13.3.